The number of carbonyl (C=O) groups is 1. The first-order chi connectivity index (χ1) is 5.24. The summed E-state index contributed by atoms with van der Waals surface area (Å²) in [6.07, 6.45) is 0. The van der Waals surface area contributed by atoms with Crippen LogP contribution >= 0.6 is 0 Å². The molecule has 56 valence electrons. The Morgan fingerprint density at radius 2 is 1.75 bits per heavy atom. The molecule has 0 atom stereocenters. The molecule has 0 heterocycles. The summed E-state index contributed by atoms with van der Waals surface area (Å²) in [7, 11) is 0. The van der Waals surface area contributed by atoms with E-state index in [0.29, 0.717) is 0 Å². The van der Waals surface area contributed by atoms with Crippen molar-refractivity contribution in [3.05, 3.63) is 34.7 Å². The van der Waals surface area contributed by atoms with Gasteiger partial charge in [0, 0.05) is 0 Å². The van der Waals surface area contributed by atoms with E-state index in [0.717, 1.165) is 0 Å². The summed E-state index contributed by atoms with van der Waals surface area (Å²) in [5.41, 5.74) is 0.243. The second-order valence-electron chi connectivity index (χ2n) is 1.93. The Bertz CT molecular complexity index is 283. The monoisotopic (exact) mass is 173 g/mol. The van der Waals surface area contributed by atoms with Crippen LogP contribution in [0.25, 0.3) is 0 Å². The predicted octanol–water partition coefficient (Wildman–Crippen LogP) is -2.55. The van der Waals surface area contributed by atoms with Crippen LogP contribution in [0.4, 0.5) is 5.69 Å². The summed E-state index contributed by atoms with van der Waals surface area (Å²) in [5.74, 6) is -1.26. The Morgan fingerprint density at radius 3 is 2.08 bits per heavy atom. The maximum Gasteiger partial charge on any atom is 1.00 e. The average molecular weight is 173 g/mol. The molecular weight excluding hydrogens is 169 g/mol. The van der Waals surface area contributed by atoms with Gasteiger partial charge in [0.1, 0.15) is 5.69 Å². The number of benzene rings is 1. The zero-order valence-electron chi connectivity index (χ0n) is 6.48. The molecule has 0 aromatic heterocycles. The number of carboxylic acid groups (broad SMARTS) is 1. The Balaban J connectivity index is 0.00000121. The van der Waals surface area contributed by atoms with Crippen molar-refractivity contribution in [2.45, 2.75) is 0 Å². The third kappa shape index (κ3) is 2.73. The summed E-state index contributed by atoms with van der Waals surface area (Å²) < 4.78 is 0. The van der Waals surface area contributed by atoms with Crippen LogP contribution in [0.2, 0.25) is 0 Å². The molecule has 0 aliphatic heterocycles. The topological polar surface area (TPSA) is 69.6 Å². The van der Waals surface area contributed by atoms with Gasteiger partial charge in [-0.2, -0.15) is 0 Å². The smallest absolute Gasteiger partial charge is 0.545 e. The Morgan fingerprint density at radius 1 is 1.25 bits per heavy atom. The molecule has 0 spiro atoms. The largest absolute Gasteiger partial charge is 1.00 e. The SMILES string of the molecule is O=Nc1ccc(C(=O)[O-])cc1.[Na+]. The molecule has 0 saturated carbocycles. The molecule has 12 heavy (non-hydrogen) atoms. The molecule has 5 heteroatoms. The van der Waals surface area contributed by atoms with Gasteiger partial charge in [0.25, 0.3) is 0 Å². The Kier molecular flexibility index (Phi) is 4.73. The van der Waals surface area contributed by atoms with Crippen LogP contribution in [0.5, 0.6) is 0 Å². The third-order valence-electron chi connectivity index (χ3n) is 1.21. The number of nitrogens with zero attached hydrogens (tertiary/aromatic N) is 1. The number of carbonyl (C=O) groups excluding carboxylic acids is 1. The molecule has 0 radical (unpaired) electrons. The number of hydrogen-bond acceptors (Lipinski definition) is 4. The van der Waals surface area contributed by atoms with E-state index in [9.17, 15) is 14.8 Å². The van der Waals surface area contributed by atoms with Gasteiger partial charge in [-0.25, -0.2) is 0 Å². The van der Waals surface area contributed by atoms with Crippen molar-refractivity contribution in [3.8, 4) is 0 Å². The molecule has 1 aromatic rings. The first-order valence-electron chi connectivity index (χ1n) is 2.89. The van der Waals surface area contributed by atoms with Crippen molar-refractivity contribution in [1.82, 2.24) is 0 Å². The van der Waals surface area contributed by atoms with Crippen molar-refractivity contribution >= 4 is 11.7 Å². The van der Waals surface area contributed by atoms with E-state index in [-0.39, 0.29) is 40.8 Å². The zero-order chi connectivity index (χ0) is 8.27. The van der Waals surface area contributed by atoms with E-state index in [1.54, 1.807) is 0 Å². The molecule has 0 aliphatic rings. The van der Waals surface area contributed by atoms with E-state index in [1.807, 2.05) is 0 Å². The van der Waals surface area contributed by atoms with Gasteiger partial charge >= 0.3 is 29.6 Å². The Labute approximate surface area is 90.9 Å². The standard InChI is InChI=1S/C7H5NO3.Na/c9-7(10)5-1-3-6(8-11)4-2-5;/h1-4H,(H,9,10);/q;+1/p-1. The van der Waals surface area contributed by atoms with Crippen molar-refractivity contribution < 1.29 is 39.5 Å². The quantitative estimate of drug-likeness (QED) is 0.365. The maximum atomic E-state index is 10.2. The van der Waals surface area contributed by atoms with E-state index < -0.39 is 5.97 Å². The molecule has 0 N–H and O–H groups in total. The fraction of sp³-hybridized carbons (Fsp3) is 0. The number of carboxylic acids is 1. The third-order valence-corrected chi connectivity index (χ3v) is 1.21. The maximum absolute atomic E-state index is 10.2. The summed E-state index contributed by atoms with van der Waals surface area (Å²) in [4.78, 5) is 20.1. The van der Waals surface area contributed by atoms with Crippen LogP contribution in [0, 0.1) is 4.91 Å². The number of rotatable bonds is 2. The summed E-state index contributed by atoms with van der Waals surface area (Å²) in [6.45, 7) is 0. The van der Waals surface area contributed by atoms with Crippen LogP contribution in [0.3, 0.4) is 0 Å². The predicted molar refractivity (Wildman–Crippen MR) is 36.2 cm³/mol. The van der Waals surface area contributed by atoms with Gasteiger partial charge in [-0.1, -0.05) is 12.1 Å². The molecule has 0 aliphatic carbocycles. The van der Waals surface area contributed by atoms with Gasteiger partial charge in [0.05, 0.1) is 5.97 Å². The van der Waals surface area contributed by atoms with Crippen LogP contribution in [-0.4, -0.2) is 5.97 Å². The van der Waals surface area contributed by atoms with Crippen molar-refractivity contribution in [1.29, 1.82) is 0 Å². The van der Waals surface area contributed by atoms with Crippen molar-refractivity contribution in [2.75, 3.05) is 0 Å². The van der Waals surface area contributed by atoms with Gasteiger partial charge in [-0.05, 0) is 22.9 Å². The zero-order valence-corrected chi connectivity index (χ0v) is 8.48. The molecule has 0 bridgehead atoms. The molecule has 0 amide bonds. The van der Waals surface area contributed by atoms with Gasteiger partial charge in [-0.3, -0.25) is 0 Å². The number of nitroso groups, excluding NO2 is 1. The van der Waals surface area contributed by atoms with E-state index in [4.69, 9.17) is 0 Å². The summed E-state index contributed by atoms with van der Waals surface area (Å²) in [5, 5.41) is 12.8. The van der Waals surface area contributed by atoms with E-state index >= 15 is 0 Å². The Hall–Kier alpha value is -0.710. The van der Waals surface area contributed by atoms with E-state index in [1.165, 1.54) is 24.3 Å². The first-order valence-corrected chi connectivity index (χ1v) is 2.89. The first kappa shape index (κ1) is 11.3. The van der Waals surface area contributed by atoms with E-state index in [2.05, 4.69) is 5.18 Å². The van der Waals surface area contributed by atoms with Crippen LogP contribution in [0.15, 0.2) is 29.4 Å². The van der Waals surface area contributed by atoms with Crippen molar-refractivity contribution in [2.24, 2.45) is 5.18 Å². The molecule has 1 aromatic carbocycles. The molecule has 0 saturated heterocycles. The summed E-state index contributed by atoms with van der Waals surface area (Å²) in [6, 6.07) is 5.18. The van der Waals surface area contributed by atoms with Gasteiger partial charge < -0.3 is 9.90 Å². The number of hydrogen-bond donors (Lipinski definition) is 0. The second kappa shape index (κ2) is 5.03. The minimum absolute atomic E-state index is 0. The minimum atomic E-state index is -1.26. The molecule has 0 fully saturated rings. The summed E-state index contributed by atoms with van der Waals surface area (Å²) >= 11 is 0. The van der Waals surface area contributed by atoms with Crippen LogP contribution in [-0.2, 0) is 0 Å². The number of aromatic carboxylic acids is 1. The fourth-order valence-electron chi connectivity index (χ4n) is 0.658. The van der Waals surface area contributed by atoms with Gasteiger partial charge in [0.2, 0.25) is 0 Å². The fourth-order valence-corrected chi connectivity index (χ4v) is 0.658. The normalized spacial score (nSPS) is 8.33. The van der Waals surface area contributed by atoms with Gasteiger partial charge in [0.15, 0.2) is 0 Å². The minimum Gasteiger partial charge on any atom is -0.545 e. The van der Waals surface area contributed by atoms with Crippen LogP contribution in [0.1, 0.15) is 10.4 Å². The van der Waals surface area contributed by atoms with Crippen LogP contribution < -0.4 is 34.7 Å². The van der Waals surface area contributed by atoms with Crippen molar-refractivity contribution in [3.63, 3.8) is 0 Å². The molecule has 4 nitrogen and oxygen atoms in total. The molecule has 1 rings (SSSR count). The second-order valence-corrected chi connectivity index (χ2v) is 1.93. The molecule has 0 unspecified atom stereocenters. The van der Waals surface area contributed by atoms with Gasteiger partial charge in [-0.15, -0.1) is 4.91 Å². The average Bonchev–Trinajstić information content (AvgIpc) is 2.05. The molecular formula is C7H4NNaO3.